The summed E-state index contributed by atoms with van der Waals surface area (Å²) < 4.78 is 1.51. The number of aliphatic hydroxyl groups is 1. The lowest BCUT2D eigenvalue weighted by Gasteiger charge is -2.28. The van der Waals surface area contributed by atoms with Crippen molar-refractivity contribution < 1.29 is 5.11 Å². The molecule has 1 aromatic rings. The van der Waals surface area contributed by atoms with Crippen molar-refractivity contribution in [3.8, 4) is 12.1 Å². The van der Waals surface area contributed by atoms with E-state index in [2.05, 4.69) is 4.98 Å². The summed E-state index contributed by atoms with van der Waals surface area (Å²) in [5.41, 5.74) is -0.635. The highest BCUT2D eigenvalue weighted by Crippen LogP contribution is 2.20. The van der Waals surface area contributed by atoms with Gasteiger partial charge in [-0.05, 0) is 12.8 Å². The average molecular weight is 218 g/mol. The van der Waals surface area contributed by atoms with E-state index in [9.17, 15) is 5.11 Å². The van der Waals surface area contributed by atoms with Gasteiger partial charge in [-0.1, -0.05) is 13.8 Å². The maximum Gasteiger partial charge on any atom is 0.176 e. The molecular weight excluding hydrogens is 204 g/mol. The molecule has 0 aliphatic heterocycles. The van der Waals surface area contributed by atoms with Crippen molar-refractivity contribution in [3.63, 3.8) is 0 Å². The van der Waals surface area contributed by atoms with Gasteiger partial charge in [0.15, 0.2) is 11.4 Å². The summed E-state index contributed by atoms with van der Waals surface area (Å²) in [6, 6.07) is 3.77. The Morgan fingerprint density at radius 1 is 1.50 bits per heavy atom. The molecule has 1 aromatic heterocycles. The maximum absolute atomic E-state index is 10.1. The zero-order chi connectivity index (χ0) is 12.3. The fourth-order valence-electron chi connectivity index (χ4n) is 1.23. The average Bonchev–Trinajstić information content (AvgIpc) is 2.59. The van der Waals surface area contributed by atoms with Crippen LogP contribution < -0.4 is 0 Å². The van der Waals surface area contributed by atoms with Gasteiger partial charge in [-0.2, -0.15) is 10.5 Å². The van der Waals surface area contributed by atoms with E-state index >= 15 is 0 Å². The second kappa shape index (κ2) is 4.34. The molecule has 0 aromatic carbocycles. The molecule has 1 N–H and O–H groups in total. The first-order chi connectivity index (χ1) is 7.42. The molecule has 0 saturated carbocycles. The largest absolute Gasteiger partial charge is 0.388 e. The minimum atomic E-state index is -0.932. The first-order valence-corrected chi connectivity index (χ1v) is 5.00. The number of hydrogen-bond donors (Lipinski definition) is 1. The normalized spacial score (nSPS) is 14.2. The van der Waals surface area contributed by atoms with E-state index < -0.39 is 5.60 Å². The number of aromatic nitrogens is 2. The Hall–Kier alpha value is -1.85. The van der Waals surface area contributed by atoms with Crippen LogP contribution in [0.25, 0.3) is 0 Å². The van der Waals surface area contributed by atoms with Gasteiger partial charge >= 0.3 is 0 Å². The van der Waals surface area contributed by atoms with Gasteiger partial charge in [0.05, 0.1) is 18.5 Å². The molecule has 0 bridgehead atoms. The van der Waals surface area contributed by atoms with Crippen molar-refractivity contribution in [2.24, 2.45) is 5.92 Å². The molecule has 0 spiro atoms. The van der Waals surface area contributed by atoms with Gasteiger partial charge in [-0.25, -0.2) is 4.98 Å². The van der Waals surface area contributed by atoms with Crippen LogP contribution in [0.15, 0.2) is 6.33 Å². The quantitative estimate of drug-likeness (QED) is 0.821. The van der Waals surface area contributed by atoms with Crippen LogP contribution in [0.2, 0.25) is 0 Å². The lowest BCUT2D eigenvalue weighted by Crippen LogP contribution is -2.36. The molecule has 16 heavy (non-hydrogen) atoms. The molecule has 0 aliphatic carbocycles. The molecule has 0 amide bonds. The van der Waals surface area contributed by atoms with E-state index in [0.29, 0.717) is 0 Å². The van der Waals surface area contributed by atoms with Crippen molar-refractivity contribution >= 4 is 0 Å². The first-order valence-electron chi connectivity index (χ1n) is 5.00. The molecular formula is C11H14N4O. The molecule has 84 valence electrons. The summed E-state index contributed by atoms with van der Waals surface area (Å²) in [6.07, 6.45) is 1.41. The molecule has 1 heterocycles. The van der Waals surface area contributed by atoms with Crippen LogP contribution in [0.1, 0.15) is 32.2 Å². The third-order valence-electron chi connectivity index (χ3n) is 2.78. The topological polar surface area (TPSA) is 85.6 Å². The van der Waals surface area contributed by atoms with Crippen molar-refractivity contribution in [2.75, 3.05) is 0 Å². The molecule has 0 radical (unpaired) electrons. The van der Waals surface area contributed by atoms with E-state index in [1.807, 2.05) is 26.0 Å². The summed E-state index contributed by atoms with van der Waals surface area (Å²) in [5, 5.41) is 27.7. The Morgan fingerprint density at radius 2 is 2.12 bits per heavy atom. The van der Waals surface area contributed by atoms with Gasteiger partial charge in [0.2, 0.25) is 0 Å². The minimum Gasteiger partial charge on any atom is -0.388 e. The SMILES string of the molecule is CC(C)C(C)(O)Cn1cnc(C#N)c1C#N. The fraction of sp³-hybridized carbons (Fsp3) is 0.545. The maximum atomic E-state index is 10.1. The predicted octanol–water partition coefficient (Wildman–Crippen LogP) is 1.03. The van der Waals surface area contributed by atoms with Gasteiger partial charge in [0, 0.05) is 0 Å². The zero-order valence-electron chi connectivity index (χ0n) is 9.60. The van der Waals surface area contributed by atoms with Gasteiger partial charge in [0.25, 0.3) is 0 Å². The summed E-state index contributed by atoms with van der Waals surface area (Å²) in [5.74, 6) is 0.0481. The molecule has 1 atom stereocenters. The predicted molar refractivity (Wildman–Crippen MR) is 57.1 cm³/mol. The fourth-order valence-corrected chi connectivity index (χ4v) is 1.23. The number of nitrogens with zero attached hydrogens (tertiary/aromatic N) is 4. The lowest BCUT2D eigenvalue weighted by atomic mass is 9.92. The van der Waals surface area contributed by atoms with Crippen LogP contribution in [0.5, 0.6) is 0 Å². The molecule has 0 aliphatic rings. The lowest BCUT2D eigenvalue weighted by molar-refractivity contribution is -0.00292. The Balaban J connectivity index is 3.05. The van der Waals surface area contributed by atoms with Crippen LogP contribution in [0.3, 0.4) is 0 Å². The summed E-state index contributed by atoms with van der Waals surface area (Å²) in [6.45, 7) is 5.75. The van der Waals surface area contributed by atoms with Gasteiger partial charge in [-0.15, -0.1) is 0 Å². The minimum absolute atomic E-state index is 0.0481. The second-order valence-electron chi connectivity index (χ2n) is 4.31. The Kier molecular flexibility index (Phi) is 3.31. The van der Waals surface area contributed by atoms with E-state index in [0.717, 1.165) is 0 Å². The van der Waals surface area contributed by atoms with E-state index in [-0.39, 0.29) is 23.9 Å². The van der Waals surface area contributed by atoms with Gasteiger partial charge in [-0.3, -0.25) is 0 Å². The van der Waals surface area contributed by atoms with Gasteiger partial charge < -0.3 is 9.67 Å². The summed E-state index contributed by atoms with van der Waals surface area (Å²) in [7, 11) is 0. The summed E-state index contributed by atoms with van der Waals surface area (Å²) in [4.78, 5) is 3.82. The van der Waals surface area contributed by atoms with Crippen LogP contribution in [0, 0.1) is 28.6 Å². The molecule has 1 unspecified atom stereocenters. The standard InChI is InChI=1S/C11H14N4O/c1-8(2)11(3,16)6-15-7-14-9(4-12)10(15)5-13/h7-8,16H,6H2,1-3H3. The molecule has 0 fully saturated rings. The van der Waals surface area contributed by atoms with Crippen LogP contribution in [-0.4, -0.2) is 20.3 Å². The van der Waals surface area contributed by atoms with Crippen molar-refractivity contribution in [1.82, 2.24) is 9.55 Å². The number of nitriles is 2. The van der Waals surface area contributed by atoms with E-state index in [1.54, 1.807) is 6.92 Å². The highest BCUT2D eigenvalue weighted by Gasteiger charge is 2.27. The van der Waals surface area contributed by atoms with Crippen molar-refractivity contribution in [2.45, 2.75) is 32.9 Å². The number of hydrogen-bond acceptors (Lipinski definition) is 4. The Bertz CT molecular complexity index is 459. The van der Waals surface area contributed by atoms with Crippen LogP contribution in [-0.2, 0) is 6.54 Å². The molecule has 5 nitrogen and oxygen atoms in total. The second-order valence-corrected chi connectivity index (χ2v) is 4.31. The van der Waals surface area contributed by atoms with Crippen molar-refractivity contribution in [1.29, 1.82) is 10.5 Å². The third kappa shape index (κ3) is 2.21. The Labute approximate surface area is 94.6 Å². The molecule has 5 heteroatoms. The first kappa shape index (κ1) is 12.2. The highest BCUT2D eigenvalue weighted by molar-refractivity contribution is 5.36. The zero-order valence-corrected chi connectivity index (χ0v) is 9.60. The van der Waals surface area contributed by atoms with Crippen LogP contribution in [0.4, 0.5) is 0 Å². The highest BCUT2D eigenvalue weighted by atomic mass is 16.3. The van der Waals surface area contributed by atoms with E-state index in [1.165, 1.54) is 10.9 Å². The van der Waals surface area contributed by atoms with Crippen molar-refractivity contribution in [3.05, 3.63) is 17.7 Å². The third-order valence-corrected chi connectivity index (χ3v) is 2.78. The smallest absolute Gasteiger partial charge is 0.176 e. The van der Waals surface area contributed by atoms with E-state index in [4.69, 9.17) is 10.5 Å². The number of imidazole rings is 1. The molecule has 1 rings (SSSR count). The van der Waals surface area contributed by atoms with Crippen LogP contribution >= 0.6 is 0 Å². The molecule has 0 saturated heterocycles. The summed E-state index contributed by atoms with van der Waals surface area (Å²) >= 11 is 0. The van der Waals surface area contributed by atoms with Gasteiger partial charge in [0.1, 0.15) is 12.1 Å². The monoisotopic (exact) mass is 218 g/mol. The number of rotatable bonds is 3. The Morgan fingerprint density at radius 3 is 2.56 bits per heavy atom.